The molecule has 1 aliphatic rings. The van der Waals surface area contributed by atoms with Crippen LogP contribution >= 0.6 is 11.3 Å². The number of thiazole rings is 1. The van der Waals surface area contributed by atoms with Crippen molar-refractivity contribution in [1.82, 2.24) is 9.97 Å². The van der Waals surface area contributed by atoms with Gasteiger partial charge in [-0.1, -0.05) is 0 Å². The van der Waals surface area contributed by atoms with Crippen LogP contribution in [0, 0.1) is 6.92 Å². The van der Waals surface area contributed by atoms with Gasteiger partial charge in [0, 0.05) is 37.8 Å². The van der Waals surface area contributed by atoms with Crippen molar-refractivity contribution in [2.75, 3.05) is 36.0 Å². The van der Waals surface area contributed by atoms with Crippen molar-refractivity contribution in [3.8, 4) is 0 Å². The first-order chi connectivity index (χ1) is 10.9. The van der Waals surface area contributed by atoms with Gasteiger partial charge in [0.1, 0.15) is 5.82 Å². The van der Waals surface area contributed by atoms with Gasteiger partial charge in [-0.2, -0.15) is 13.2 Å². The molecule has 0 N–H and O–H groups in total. The molecule has 2 aromatic rings. The second-order valence-electron chi connectivity index (χ2n) is 5.50. The summed E-state index contributed by atoms with van der Waals surface area (Å²) in [5.74, 6) is 0.593. The van der Waals surface area contributed by atoms with E-state index in [0.29, 0.717) is 5.82 Å². The number of hydrogen-bond acceptors (Lipinski definition) is 5. The lowest BCUT2D eigenvalue weighted by Crippen LogP contribution is -2.31. The topological polar surface area (TPSA) is 32.3 Å². The summed E-state index contributed by atoms with van der Waals surface area (Å²) in [5, 5.41) is 3.03. The van der Waals surface area contributed by atoms with E-state index in [4.69, 9.17) is 0 Å². The van der Waals surface area contributed by atoms with Crippen LogP contribution in [0.5, 0.6) is 0 Å². The van der Waals surface area contributed by atoms with Crippen molar-refractivity contribution >= 4 is 22.3 Å². The number of nitrogens with zero attached hydrogens (tertiary/aromatic N) is 4. The summed E-state index contributed by atoms with van der Waals surface area (Å²) >= 11 is 1.62. The van der Waals surface area contributed by atoms with Crippen LogP contribution in [0.15, 0.2) is 23.7 Å². The predicted octanol–water partition coefficient (Wildman–Crippen LogP) is 3.58. The van der Waals surface area contributed by atoms with E-state index in [0.717, 1.165) is 55.7 Å². The van der Waals surface area contributed by atoms with Gasteiger partial charge in [-0.15, -0.1) is 11.3 Å². The number of pyridine rings is 1. The number of hydrogen-bond donors (Lipinski definition) is 0. The molecule has 8 heteroatoms. The molecule has 3 heterocycles. The van der Waals surface area contributed by atoms with Crippen molar-refractivity contribution in [3.05, 3.63) is 35.0 Å². The maximum atomic E-state index is 12.6. The Morgan fingerprint density at radius 3 is 2.43 bits per heavy atom. The normalized spacial score (nSPS) is 16.5. The van der Waals surface area contributed by atoms with Gasteiger partial charge in [-0.25, -0.2) is 9.97 Å². The van der Waals surface area contributed by atoms with Gasteiger partial charge >= 0.3 is 6.18 Å². The van der Waals surface area contributed by atoms with Crippen LogP contribution in [0.25, 0.3) is 0 Å². The highest BCUT2D eigenvalue weighted by atomic mass is 32.1. The van der Waals surface area contributed by atoms with Crippen molar-refractivity contribution in [3.63, 3.8) is 0 Å². The van der Waals surface area contributed by atoms with Crippen molar-refractivity contribution in [2.24, 2.45) is 0 Å². The van der Waals surface area contributed by atoms with Crippen molar-refractivity contribution in [1.29, 1.82) is 0 Å². The van der Waals surface area contributed by atoms with Gasteiger partial charge in [0.05, 0.1) is 11.3 Å². The van der Waals surface area contributed by atoms with Gasteiger partial charge in [-0.05, 0) is 25.5 Å². The summed E-state index contributed by atoms with van der Waals surface area (Å²) in [6.07, 6.45) is -2.52. The van der Waals surface area contributed by atoms with E-state index < -0.39 is 11.7 Å². The average molecular weight is 342 g/mol. The highest BCUT2D eigenvalue weighted by Gasteiger charge is 2.31. The molecule has 2 aromatic heterocycles. The monoisotopic (exact) mass is 342 g/mol. The van der Waals surface area contributed by atoms with E-state index in [1.807, 2.05) is 17.2 Å². The summed E-state index contributed by atoms with van der Waals surface area (Å²) in [4.78, 5) is 12.7. The molecule has 0 atom stereocenters. The summed E-state index contributed by atoms with van der Waals surface area (Å²) in [5.41, 5.74) is 0.298. The van der Waals surface area contributed by atoms with E-state index >= 15 is 0 Å². The number of anilines is 2. The molecule has 0 spiro atoms. The summed E-state index contributed by atoms with van der Waals surface area (Å²) in [6.45, 7) is 5.15. The quantitative estimate of drug-likeness (QED) is 0.835. The van der Waals surface area contributed by atoms with Gasteiger partial charge in [-0.3, -0.25) is 0 Å². The Morgan fingerprint density at radius 2 is 1.83 bits per heavy atom. The predicted molar refractivity (Wildman–Crippen MR) is 85.1 cm³/mol. The summed E-state index contributed by atoms with van der Waals surface area (Å²) in [6, 6.07) is 2.54. The van der Waals surface area contributed by atoms with Gasteiger partial charge in [0.15, 0.2) is 5.13 Å². The zero-order chi connectivity index (χ0) is 16.4. The van der Waals surface area contributed by atoms with Crippen LogP contribution in [-0.4, -0.2) is 36.1 Å². The molecule has 23 heavy (non-hydrogen) atoms. The maximum absolute atomic E-state index is 12.6. The van der Waals surface area contributed by atoms with Crippen molar-refractivity contribution < 1.29 is 13.2 Å². The SMILES string of the molecule is Cc1csc(N2CCCN(c3ccc(C(F)(F)F)cn3)CC2)n1. The Labute approximate surface area is 136 Å². The van der Waals surface area contributed by atoms with Crippen molar-refractivity contribution in [2.45, 2.75) is 19.5 Å². The van der Waals surface area contributed by atoms with E-state index in [-0.39, 0.29) is 0 Å². The van der Waals surface area contributed by atoms with Gasteiger partial charge in [0.25, 0.3) is 0 Å². The van der Waals surface area contributed by atoms with E-state index in [1.165, 1.54) is 6.07 Å². The molecule has 0 unspecified atom stereocenters. The number of halogens is 3. The zero-order valence-corrected chi connectivity index (χ0v) is 13.5. The average Bonchev–Trinajstić information content (AvgIpc) is 2.80. The second kappa shape index (κ2) is 6.35. The molecule has 1 aliphatic heterocycles. The van der Waals surface area contributed by atoms with Gasteiger partial charge in [0.2, 0.25) is 0 Å². The molecule has 0 radical (unpaired) electrons. The molecule has 0 aliphatic carbocycles. The largest absolute Gasteiger partial charge is 0.417 e. The fraction of sp³-hybridized carbons (Fsp3) is 0.467. The zero-order valence-electron chi connectivity index (χ0n) is 12.7. The molecule has 0 saturated carbocycles. The van der Waals surface area contributed by atoms with Crippen LogP contribution in [0.4, 0.5) is 24.1 Å². The molecule has 3 rings (SSSR count). The molecule has 124 valence electrons. The lowest BCUT2D eigenvalue weighted by Gasteiger charge is -2.22. The first kappa shape index (κ1) is 16.0. The fourth-order valence-electron chi connectivity index (χ4n) is 2.57. The third-order valence-electron chi connectivity index (χ3n) is 3.77. The van der Waals surface area contributed by atoms with Gasteiger partial charge < -0.3 is 9.80 Å². The minimum Gasteiger partial charge on any atom is -0.355 e. The van der Waals surface area contributed by atoms with Crippen LogP contribution in [0.3, 0.4) is 0 Å². The standard InChI is InChI=1S/C15H17F3N4S/c1-11-10-23-14(20-11)22-6-2-5-21(7-8-22)13-4-3-12(9-19-13)15(16,17)18/h3-4,9-10H,2,5-8H2,1H3. The molecule has 0 aromatic carbocycles. The Bertz CT molecular complexity index is 653. The highest BCUT2D eigenvalue weighted by molar-refractivity contribution is 7.13. The van der Waals surface area contributed by atoms with Crippen LogP contribution in [-0.2, 0) is 6.18 Å². The highest BCUT2D eigenvalue weighted by Crippen LogP contribution is 2.29. The van der Waals surface area contributed by atoms with Crippen LogP contribution < -0.4 is 9.80 Å². The molecule has 1 saturated heterocycles. The maximum Gasteiger partial charge on any atom is 0.417 e. The van der Waals surface area contributed by atoms with E-state index in [2.05, 4.69) is 14.9 Å². The Balaban J connectivity index is 1.68. The first-order valence-corrected chi connectivity index (χ1v) is 8.27. The lowest BCUT2D eigenvalue weighted by molar-refractivity contribution is -0.137. The fourth-order valence-corrected chi connectivity index (χ4v) is 3.42. The third kappa shape index (κ3) is 3.74. The Kier molecular flexibility index (Phi) is 4.43. The minimum absolute atomic E-state index is 0.593. The summed E-state index contributed by atoms with van der Waals surface area (Å²) < 4.78 is 37.8. The second-order valence-corrected chi connectivity index (χ2v) is 6.34. The number of rotatable bonds is 2. The van der Waals surface area contributed by atoms with Crippen LogP contribution in [0.2, 0.25) is 0 Å². The number of alkyl halides is 3. The minimum atomic E-state index is -4.34. The molecular formula is C15H17F3N4S. The molecule has 4 nitrogen and oxygen atoms in total. The molecule has 0 amide bonds. The van der Waals surface area contributed by atoms with E-state index in [1.54, 1.807) is 11.3 Å². The smallest absolute Gasteiger partial charge is 0.355 e. The van der Waals surface area contributed by atoms with Crippen LogP contribution in [0.1, 0.15) is 17.7 Å². The molecule has 0 bridgehead atoms. The lowest BCUT2D eigenvalue weighted by atomic mass is 10.2. The number of aryl methyl sites for hydroxylation is 1. The number of aromatic nitrogens is 2. The van der Waals surface area contributed by atoms with E-state index in [9.17, 15) is 13.2 Å². The third-order valence-corrected chi connectivity index (χ3v) is 4.79. The Hall–Kier alpha value is -1.83. The first-order valence-electron chi connectivity index (χ1n) is 7.39. The summed E-state index contributed by atoms with van der Waals surface area (Å²) in [7, 11) is 0. The Morgan fingerprint density at radius 1 is 1.09 bits per heavy atom. The molecular weight excluding hydrogens is 325 g/mol. The molecule has 1 fully saturated rings.